The number of aliphatic hydroxyl groups excluding tert-OH is 1. The summed E-state index contributed by atoms with van der Waals surface area (Å²) in [5, 5.41) is 10.4. The van der Waals surface area contributed by atoms with Crippen LogP contribution in [0.3, 0.4) is 0 Å². The van der Waals surface area contributed by atoms with Gasteiger partial charge in [-0.05, 0) is 41.3 Å². The minimum absolute atomic E-state index is 0.471. The van der Waals surface area contributed by atoms with Gasteiger partial charge < -0.3 is 5.11 Å². The van der Waals surface area contributed by atoms with Crippen LogP contribution in [-0.2, 0) is 13.0 Å². The summed E-state index contributed by atoms with van der Waals surface area (Å²) in [5.74, 6) is 0. The number of benzene rings is 3. The molecule has 0 amide bonds. The van der Waals surface area contributed by atoms with E-state index in [1.165, 1.54) is 22.3 Å². The second kappa shape index (κ2) is 9.31. The predicted molar refractivity (Wildman–Crippen MR) is 114 cm³/mol. The van der Waals surface area contributed by atoms with Crippen molar-refractivity contribution in [3.63, 3.8) is 0 Å². The summed E-state index contributed by atoms with van der Waals surface area (Å²) in [5.41, 5.74) is 5.98. The number of allylic oxidation sites excluding steroid dienone is 1. The van der Waals surface area contributed by atoms with Crippen molar-refractivity contribution < 1.29 is 5.11 Å². The molecular weight excluding hydrogens is 330 g/mol. The third-order valence-corrected chi connectivity index (χ3v) is 4.77. The fraction of sp³-hybridized carbons (Fsp3) is 0.200. The fourth-order valence-electron chi connectivity index (χ4n) is 3.38. The lowest BCUT2D eigenvalue weighted by molar-refractivity contribution is 0.124. The van der Waals surface area contributed by atoms with Crippen molar-refractivity contribution in [1.29, 1.82) is 0 Å². The SMILES string of the molecule is C=CCc1ccccc1-c1ccc(CN(C)CC(O)c2ccccc2)cc1. The molecule has 3 aromatic rings. The zero-order chi connectivity index (χ0) is 19.1. The first-order valence-electron chi connectivity index (χ1n) is 9.37. The lowest BCUT2D eigenvalue weighted by atomic mass is 9.97. The summed E-state index contributed by atoms with van der Waals surface area (Å²) in [6.45, 7) is 5.27. The molecule has 0 saturated heterocycles. The highest BCUT2D eigenvalue weighted by Crippen LogP contribution is 2.25. The molecule has 3 aromatic carbocycles. The Bertz CT molecular complexity index is 855. The number of likely N-dealkylation sites (N-methyl/N-ethyl adjacent to an activating group) is 1. The van der Waals surface area contributed by atoms with Crippen LogP contribution in [-0.4, -0.2) is 23.6 Å². The second-order valence-corrected chi connectivity index (χ2v) is 6.97. The van der Waals surface area contributed by atoms with Crippen molar-refractivity contribution in [2.24, 2.45) is 0 Å². The molecular formula is C25H27NO. The molecule has 1 atom stereocenters. The Morgan fingerprint density at radius 3 is 2.30 bits per heavy atom. The van der Waals surface area contributed by atoms with Crippen molar-refractivity contribution in [3.05, 3.63) is 108 Å². The Morgan fingerprint density at radius 2 is 1.59 bits per heavy atom. The van der Waals surface area contributed by atoms with E-state index in [0.717, 1.165) is 18.5 Å². The summed E-state index contributed by atoms with van der Waals surface area (Å²) in [6.07, 6.45) is 2.35. The molecule has 0 aliphatic carbocycles. The smallest absolute Gasteiger partial charge is 0.0916 e. The summed E-state index contributed by atoms with van der Waals surface area (Å²) in [4.78, 5) is 2.15. The van der Waals surface area contributed by atoms with Crippen LogP contribution >= 0.6 is 0 Å². The first kappa shape index (κ1) is 19.1. The highest BCUT2D eigenvalue weighted by atomic mass is 16.3. The van der Waals surface area contributed by atoms with Crippen LogP contribution in [0.25, 0.3) is 11.1 Å². The highest BCUT2D eigenvalue weighted by Gasteiger charge is 2.11. The molecule has 2 heteroatoms. The summed E-state index contributed by atoms with van der Waals surface area (Å²) < 4.78 is 0. The van der Waals surface area contributed by atoms with E-state index in [2.05, 4.69) is 60.0 Å². The molecule has 0 aliphatic heterocycles. The van der Waals surface area contributed by atoms with E-state index in [0.29, 0.717) is 6.54 Å². The standard InChI is InChI=1S/C25H27NO/c1-3-9-21-10-7-8-13-24(21)22-16-14-20(15-17-22)18-26(2)19-25(27)23-11-5-4-6-12-23/h3-8,10-17,25,27H,1,9,18-19H2,2H3. The average Bonchev–Trinajstić information content (AvgIpc) is 2.70. The number of rotatable bonds is 8. The lowest BCUT2D eigenvalue weighted by Gasteiger charge is -2.21. The molecule has 0 fully saturated rings. The zero-order valence-electron chi connectivity index (χ0n) is 15.9. The average molecular weight is 357 g/mol. The van der Waals surface area contributed by atoms with Gasteiger partial charge >= 0.3 is 0 Å². The molecule has 27 heavy (non-hydrogen) atoms. The maximum absolute atomic E-state index is 10.4. The van der Waals surface area contributed by atoms with E-state index in [1.54, 1.807) is 0 Å². The van der Waals surface area contributed by atoms with Gasteiger partial charge in [0.05, 0.1) is 6.10 Å². The van der Waals surface area contributed by atoms with Crippen LogP contribution in [0.5, 0.6) is 0 Å². The van der Waals surface area contributed by atoms with Gasteiger partial charge in [-0.3, -0.25) is 4.90 Å². The molecule has 1 unspecified atom stereocenters. The van der Waals surface area contributed by atoms with Gasteiger partial charge in [-0.15, -0.1) is 6.58 Å². The minimum Gasteiger partial charge on any atom is -0.387 e. The van der Waals surface area contributed by atoms with Crippen molar-refractivity contribution in [3.8, 4) is 11.1 Å². The first-order valence-corrected chi connectivity index (χ1v) is 9.37. The Morgan fingerprint density at radius 1 is 0.926 bits per heavy atom. The van der Waals surface area contributed by atoms with Gasteiger partial charge in [0, 0.05) is 13.1 Å². The normalized spacial score (nSPS) is 12.1. The molecule has 2 nitrogen and oxygen atoms in total. The predicted octanol–water partition coefficient (Wildman–Crippen LogP) is 5.25. The van der Waals surface area contributed by atoms with Gasteiger partial charge in [0.15, 0.2) is 0 Å². The van der Waals surface area contributed by atoms with Crippen LogP contribution in [0.4, 0.5) is 0 Å². The van der Waals surface area contributed by atoms with Crippen molar-refractivity contribution in [2.75, 3.05) is 13.6 Å². The Balaban J connectivity index is 1.65. The third kappa shape index (κ3) is 5.16. The number of hydrogen-bond acceptors (Lipinski definition) is 2. The molecule has 0 aliphatic rings. The van der Waals surface area contributed by atoms with Gasteiger partial charge in [0.25, 0.3) is 0 Å². The number of hydrogen-bond donors (Lipinski definition) is 1. The van der Waals surface area contributed by atoms with Crippen LogP contribution < -0.4 is 0 Å². The molecule has 0 heterocycles. The lowest BCUT2D eigenvalue weighted by Crippen LogP contribution is -2.24. The molecule has 138 valence electrons. The summed E-state index contributed by atoms with van der Waals surface area (Å²) in [6, 6.07) is 27.0. The summed E-state index contributed by atoms with van der Waals surface area (Å²) >= 11 is 0. The van der Waals surface area contributed by atoms with Gasteiger partial charge in [0.2, 0.25) is 0 Å². The van der Waals surface area contributed by atoms with Crippen LogP contribution in [0.2, 0.25) is 0 Å². The minimum atomic E-state index is -0.471. The number of nitrogens with zero attached hydrogens (tertiary/aromatic N) is 1. The van der Waals surface area contributed by atoms with Gasteiger partial charge in [-0.25, -0.2) is 0 Å². The topological polar surface area (TPSA) is 23.5 Å². The van der Waals surface area contributed by atoms with Gasteiger partial charge in [0.1, 0.15) is 0 Å². The molecule has 0 saturated carbocycles. The summed E-state index contributed by atoms with van der Waals surface area (Å²) in [7, 11) is 2.04. The van der Waals surface area contributed by atoms with Crippen LogP contribution in [0, 0.1) is 0 Å². The van der Waals surface area contributed by atoms with Crippen LogP contribution in [0.1, 0.15) is 22.8 Å². The van der Waals surface area contributed by atoms with E-state index < -0.39 is 6.10 Å². The molecule has 0 bridgehead atoms. The van der Waals surface area contributed by atoms with Gasteiger partial charge in [-0.1, -0.05) is 84.9 Å². The number of aliphatic hydroxyl groups is 1. The first-order chi connectivity index (χ1) is 13.2. The van der Waals surface area contributed by atoms with E-state index in [-0.39, 0.29) is 0 Å². The highest BCUT2D eigenvalue weighted by molar-refractivity contribution is 5.67. The quantitative estimate of drug-likeness (QED) is 0.557. The van der Waals surface area contributed by atoms with Crippen molar-refractivity contribution >= 4 is 0 Å². The molecule has 3 rings (SSSR count). The van der Waals surface area contributed by atoms with E-state index in [4.69, 9.17) is 0 Å². The molecule has 0 radical (unpaired) electrons. The Hall–Kier alpha value is -2.68. The largest absolute Gasteiger partial charge is 0.387 e. The third-order valence-electron chi connectivity index (χ3n) is 4.77. The molecule has 0 aromatic heterocycles. The van der Waals surface area contributed by atoms with Crippen LogP contribution in [0.15, 0.2) is 91.5 Å². The van der Waals surface area contributed by atoms with E-state index in [9.17, 15) is 5.11 Å². The van der Waals surface area contributed by atoms with Gasteiger partial charge in [-0.2, -0.15) is 0 Å². The Kier molecular flexibility index (Phi) is 6.59. The monoisotopic (exact) mass is 357 g/mol. The second-order valence-electron chi connectivity index (χ2n) is 6.97. The fourth-order valence-corrected chi connectivity index (χ4v) is 3.38. The van der Waals surface area contributed by atoms with E-state index in [1.807, 2.05) is 43.5 Å². The molecule has 0 spiro atoms. The van der Waals surface area contributed by atoms with Crippen molar-refractivity contribution in [1.82, 2.24) is 4.90 Å². The Labute approximate surface area is 162 Å². The van der Waals surface area contributed by atoms with E-state index >= 15 is 0 Å². The van der Waals surface area contributed by atoms with Crippen molar-refractivity contribution in [2.45, 2.75) is 19.1 Å². The maximum atomic E-state index is 10.4. The maximum Gasteiger partial charge on any atom is 0.0916 e. The molecule has 1 N–H and O–H groups in total. The zero-order valence-corrected chi connectivity index (χ0v) is 15.9.